The van der Waals surface area contributed by atoms with Crippen LogP contribution in [0.4, 0.5) is 0 Å². The van der Waals surface area contributed by atoms with Gasteiger partial charge in [-0.25, -0.2) is 4.68 Å². The van der Waals surface area contributed by atoms with E-state index >= 15 is 0 Å². The van der Waals surface area contributed by atoms with Gasteiger partial charge in [-0.05, 0) is 5.56 Å². The maximum atomic E-state index is 11.8. The van der Waals surface area contributed by atoms with Crippen molar-refractivity contribution in [3.05, 3.63) is 47.8 Å². The van der Waals surface area contributed by atoms with Crippen molar-refractivity contribution in [1.29, 1.82) is 0 Å². The van der Waals surface area contributed by atoms with Crippen LogP contribution in [-0.2, 0) is 11.3 Å². The molecule has 1 aromatic carbocycles. The zero-order valence-electron chi connectivity index (χ0n) is 11.7. The summed E-state index contributed by atoms with van der Waals surface area (Å²) in [7, 11) is 0. The quantitative estimate of drug-likeness (QED) is 0.742. The Morgan fingerprint density at radius 1 is 1.14 bits per heavy atom. The van der Waals surface area contributed by atoms with E-state index in [4.69, 9.17) is 0 Å². The fourth-order valence-corrected chi connectivity index (χ4v) is 1.76. The van der Waals surface area contributed by atoms with Crippen LogP contribution in [0.2, 0.25) is 0 Å². The number of hydrogen-bond acceptors (Lipinski definition) is 4. The Hall–Kier alpha value is -2.70. The molecule has 110 valence electrons. The molecule has 0 fully saturated rings. The Balaban J connectivity index is 1.84. The Morgan fingerprint density at radius 2 is 1.86 bits per heavy atom. The highest BCUT2D eigenvalue weighted by Crippen LogP contribution is 2.02. The van der Waals surface area contributed by atoms with Gasteiger partial charge in [-0.15, -0.1) is 5.10 Å². The van der Waals surface area contributed by atoms with E-state index in [2.05, 4.69) is 20.9 Å². The first-order valence-electron chi connectivity index (χ1n) is 6.62. The molecule has 1 heterocycles. The summed E-state index contributed by atoms with van der Waals surface area (Å²) in [6.07, 6.45) is 1.60. The first-order valence-corrected chi connectivity index (χ1v) is 6.62. The van der Waals surface area contributed by atoms with E-state index in [0.29, 0.717) is 19.6 Å². The number of nitrogens with zero attached hydrogens (tertiary/aromatic N) is 3. The molecule has 0 saturated carbocycles. The molecule has 7 nitrogen and oxygen atoms in total. The predicted octanol–water partition coefficient (Wildman–Crippen LogP) is 0.192. The topological polar surface area (TPSA) is 88.9 Å². The van der Waals surface area contributed by atoms with Crippen LogP contribution < -0.4 is 10.6 Å². The molecule has 2 aromatic rings. The number of amides is 2. The number of carbonyl (C=O) groups is 2. The molecule has 2 N–H and O–H groups in total. The molecular formula is C14H17N5O2. The Kier molecular flexibility index (Phi) is 5.03. The van der Waals surface area contributed by atoms with Gasteiger partial charge in [0, 0.05) is 20.0 Å². The van der Waals surface area contributed by atoms with Crippen LogP contribution in [0.1, 0.15) is 23.0 Å². The molecule has 0 atom stereocenters. The summed E-state index contributed by atoms with van der Waals surface area (Å²) in [4.78, 5) is 22.5. The lowest BCUT2D eigenvalue weighted by Crippen LogP contribution is -2.33. The van der Waals surface area contributed by atoms with Gasteiger partial charge >= 0.3 is 0 Å². The monoisotopic (exact) mass is 287 g/mol. The van der Waals surface area contributed by atoms with Crippen molar-refractivity contribution in [2.24, 2.45) is 0 Å². The lowest BCUT2D eigenvalue weighted by Gasteiger charge is -2.03. The molecule has 0 spiro atoms. The Morgan fingerprint density at radius 3 is 2.57 bits per heavy atom. The van der Waals surface area contributed by atoms with E-state index in [9.17, 15) is 9.59 Å². The Labute approximate surface area is 122 Å². The van der Waals surface area contributed by atoms with Gasteiger partial charge < -0.3 is 10.6 Å². The first kappa shape index (κ1) is 14.7. The van der Waals surface area contributed by atoms with Gasteiger partial charge in [0.15, 0.2) is 5.69 Å². The summed E-state index contributed by atoms with van der Waals surface area (Å²) in [5, 5.41) is 13.0. The molecule has 0 radical (unpaired) electrons. The molecule has 1 aromatic heterocycles. The maximum Gasteiger partial charge on any atom is 0.273 e. The average Bonchev–Trinajstić information content (AvgIpc) is 2.93. The summed E-state index contributed by atoms with van der Waals surface area (Å²) in [5.41, 5.74) is 1.34. The fourth-order valence-electron chi connectivity index (χ4n) is 1.76. The molecule has 2 rings (SSSR count). The van der Waals surface area contributed by atoms with E-state index < -0.39 is 0 Å². The summed E-state index contributed by atoms with van der Waals surface area (Å²) in [6, 6.07) is 9.80. The molecule has 0 aliphatic rings. The SMILES string of the molecule is CC(=O)NCCNC(=O)c1cn(Cc2ccccc2)nn1. The lowest BCUT2D eigenvalue weighted by molar-refractivity contribution is -0.118. The van der Waals surface area contributed by atoms with Crippen molar-refractivity contribution in [2.75, 3.05) is 13.1 Å². The normalized spacial score (nSPS) is 10.1. The van der Waals surface area contributed by atoms with Crippen molar-refractivity contribution in [3.63, 3.8) is 0 Å². The third-order valence-corrected chi connectivity index (χ3v) is 2.74. The second kappa shape index (κ2) is 7.18. The highest BCUT2D eigenvalue weighted by Gasteiger charge is 2.10. The lowest BCUT2D eigenvalue weighted by atomic mass is 10.2. The van der Waals surface area contributed by atoms with Crippen LogP contribution in [0.5, 0.6) is 0 Å². The second-order valence-electron chi connectivity index (χ2n) is 4.53. The minimum Gasteiger partial charge on any atom is -0.355 e. The minimum absolute atomic E-state index is 0.127. The van der Waals surface area contributed by atoms with Gasteiger partial charge in [0.25, 0.3) is 5.91 Å². The van der Waals surface area contributed by atoms with Crippen LogP contribution in [0.15, 0.2) is 36.5 Å². The summed E-state index contributed by atoms with van der Waals surface area (Å²) in [5.74, 6) is -0.433. The van der Waals surface area contributed by atoms with Gasteiger partial charge in [0.05, 0.1) is 12.7 Å². The van der Waals surface area contributed by atoms with Crippen LogP contribution in [0.25, 0.3) is 0 Å². The third-order valence-electron chi connectivity index (χ3n) is 2.74. The third kappa shape index (κ3) is 4.72. The highest BCUT2D eigenvalue weighted by molar-refractivity contribution is 5.91. The molecular weight excluding hydrogens is 270 g/mol. The fraction of sp³-hybridized carbons (Fsp3) is 0.286. The van der Waals surface area contributed by atoms with Crippen molar-refractivity contribution in [1.82, 2.24) is 25.6 Å². The summed E-state index contributed by atoms with van der Waals surface area (Å²) in [6.45, 7) is 2.73. The van der Waals surface area contributed by atoms with Gasteiger partial charge in [-0.1, -0.05) is 35.5 Å². The van der Waals surface area contributed by atoms with Gasteiger partial charge in [-0.2, -0.15) is 0 Å². The standard InChI is InChI=1S/C14H17N5O2/c1-11(20)15-7-8-16-14(21)13-10-19(18-17-13)9-12-5-3-2-4-6-12/h2-6,10H,7-9H2,1H3,(H,15,20)(H,16,21). The van der Waals surface area contributed by atoms with Crippen molar-refractivity contribution >= 4 is 11.8 Å². The zero-order valence-corrected chi connectivity index (χ0v) is 11.7. The molecule has 2 amide bonds. The zero-order chi connectivity index (χ0) is 15.1. The number of nitrogens with one attached hydrogen (secondary N) is 2. The average molecular weight is 287 g/mol. The van der Waals surface area contributed by atoms with E-state index in [0.717, 1.165) is 5.56 Å². The van der Waals surface area contributed by atoms with Gasteiger partial charge in [0.2, 0.25) is 5.91 Å². The van der Waals surface area contributed by atoms with Crippen LogP contribution in [0.3, 0.4) is 0 Å². The molecule has 7 heteroatoms. The summed E-state index contributed by atoms with van der Waals surface area (Å²) < 4.78 is 1.61. The first-order chi connectivity index (χ1) is 10.1. The van der Waals surface area contributed by atoms with E-state index in [-0.39, 0.29) is 17.5 Å². The number of rotatable bonds is 6. The molecule has 21 heavy (non-hydrogen) atoms. The van der Waals surface area contributed by atoms with Crippen molar-refractivity contribution in [2.45, 2.75) is 13.5 Å². The van der Waals surface area contributed by atoms with Crippen LogP contribution in [0, 0.1) is 0 Å². The molecule has 0 unspecified atom stereocenters. The van der Waals surface area contributed by atoms with Crippen molar-refractivity contribution in [3.8, 4) is 0 Å². The smallest absolute Gasteiger partial charge is 0.273 e. The number of aromatic nitrogens is 3. The van der Waals surface area contributed by atoms with E-state index in [1.165, 1.54) is 6.92 Å². The van der Waals surface area contributed by atoms with Crippen LogP contribution in [-0.4, -0.2) is 39.9 Å². The molecule has 0 bridgehead atoms. The number of hydrogen-bond donors (Lipinski definition) is 2. The minimum atomic E-state index is -0.306. The number of benzene rings is 1. The van der Waals surface area contributed by atoms with E-state index in [1.54, 1.807) is 10.9 Å². The molecule has 0 saturated heterocycles. The van der Waals surface area contributed by atoms with Gasteiger partial charge in [0.1, 0.15) is 0 Å². The highest BCUT2D eigenvalue weighted by atomic mass is 16.2. The van der Waals surface area contributed by atoms with Gasteiger partial charge in [-0.3, -0.25) is 9.59 Å². The predicted molar refractivity (Wildman–Crippen MR) is 76.6 cm³/mol. The summed E-state index contributed by atoms with van der Waals surface area (Å²) >= 11 is 0. The number of carbonyl (C=O) groups excluding carboxylic acids is 2. The molecule has 0 aliphatic heterocycles. The largest absolute Gasteiger partial charge is 0.355 e. The van der Waals surface area contributed by atoms with Crippen molar-refractivity contribution < 1.29 is 9.59 Å². The molecule has 0 aliphatic carbocycles. The van der Waals surface area contributed by atoms with E-state index in [1.807, 2.05) is 30.3 Å². The Bertz CT molecular complexity index is 609. The second-order valence-corrected chi connectivity index (χ2v) is 4.53. The maximum absolute atomic E-state index is 11.8. The van der Waals surface area contributed by atoms with Crippen LogP contribution >= 0.6 is 0 Å².